The average molecular weight is 270 g/mol. The molecule has 18 heavy (non-hydrogen) atoms. The van der Waals surface area contributed by atoms with Crippen LogP contribution in [0.3, 0.4) is 0 Å². The van der Waals surface area contributed by atoms with Crippen LogP contribution in [0.5, 0.6) is 0 Å². The SMILES string of the molecule is N#CC1(NS(=O)(=O)CC2CC2)CCCCCCC1. The Bertz CT molecular complexity index is 413. The maximum Gasteiger partial charge on any atom is 0.213 e. The van der Waals surface area contributed by atoms with Crippen LogP contribution >= 0.6 is 0 Å². The number of hydrogen-bond acceptors (Lipinski definition) is 3. The molecule has 2 aliphatic carbocycles. The summed E-state index contributed by atoms with van der Waals surface area (Å²) in [4.78, 5) is 0. The molecular weight excluding hydrogens is 248 g/mol. The molecule has 2 aliphatic rings. The van der Waals surface area contributed by atoms with Gasteiger partial charge in [0.1, 0.15) is 5.54 Å². The summed E-state index contributed by atoms with van der Waals surface area (Å²) in [7, 11) is -3.29. The van der Waals surface area contributed by atoms with Crippen LogP contribution in [-0.4, -0.2) is 19.7 Å². The summed E-state index contributed by atoms with van der Waals surface area (Å²) in [5.41, 5.74) is -0.839. The molecule has 0 amide bonds. The maximum atomic E-state index is 12.0. The van der Waals surface area contributed by atoms with E-state index >= 15 is 0 Å². The smallest absolute Gasteiger partial charge is 0.212 e. The third-order valence-corrected chi connectivity index (χ3v) is 5.54. The van der Waals surface area contributed by atoms with E-state index in [1.807, 2.05) is 0 Å². The first-order chi connectivity index (χ1) is 8.55. The number of hydrogen-bond donors (Lipinski definition) is 1. The minimum Gasteiger partial charge on any atom is -0.212 e. The zero-order chi connectivity index (χ0) is 13.1. The molecule has 0 aromatic heterocycles. The second kappa shape index (κ2) is 5.58. The molecule has 2 saturated carbocycles. The van der Waals surface area contributed by atoms with Crippen molar-refractivity contribution in [1.82, 2.24) is 4.72 Å². The van der Waals surface area contributed by atoms with Gasteiger partial charge in [0.15, 0.2) is 0 Å². The molecule has 0 saturated heterocycles. The van der Waals surface area contributed by atoms with Crippen molar-refractivity contribution in [3.05, 3.63) is 0 Å². The number of rotatable bonds is 4. The molecule has 5 heteroatoms. The van der Waals surface area contributed by atoms with Crippen molar-refractivity contribution in [2.75, 3.05) is 5.75 Å². The van der Waals surface area contributed by atoms with Crippen molar-refractivity contribution >= 4 is 10.0 Å². The second-order valence-electron chi connectivity index (χ2n) is 5.79. The van der Waals surface area contributed by atoms with Crippen LogP contribution < -0.4 is 4.72 Å². The van der Waals surface area contributed by atoms with Crippen molar-refractivity contribution in [2.24, 2.45) is 5.92 Å². The number of nitrogens with zero attached hydrogens (tertiary/aromatic N) is 1. The Hall–Kier alpha value is -0.600. The van der Waals surface area contributed by atoms with Crippen molar-refractivity contribution in [1.29, 1.82) is 5.26 Å². The quantitative estimate of drug-likeness (QED) is 0.852. The average Bonchev–Trinajstić information content (AvgIpc) is 3.05. The molecule has 4 nitrogen and oxygen atoms in total. The van der Waals surface area contributed by atoms with E-state index in [2.05, 4.69) is 10.8 Å². The van der Waals surface area contributed by atoms with E-state index in [0.717, 1.165) is 38.5 Å². The van der Waals surface area contributed by atoms with Crippen molar-refractivity contribution in [3.63, 3.8) is 0 Å². The Morgan fingerprint density at radius 2 is 1.67 bits per heavy atom. The van der Waals surface area contributed by atoms with Gasteiger partial charge in [0, 0.05) is 0 Å². The van der Waals surface area contributed by atoms with Crippen molar-refractivity contribution < 1.29 is 8.42 Å². The fourth-order valence-electron chi connectivity index (χ4n) is 2.68. The summed E-state index contributed by atoms with van der Waals surface area (Å²) >= 11 is 0. The minimum atomic E-state index is -3.29. The molecule has 0 aliphatic heterocycles. The van der Waals surface area contributed by atoms with Gasteiger partial charge in [-0.2, -0.15) is 9.98 Å². The summed E-state index contributed by atoms with van der Waals surface area (Å²) in [5, 5.41) is 9.39. The molecule has 0 radical (unpaired) electrons. The lowest BCUT2D eigenvalue weighted by Gasteiger charge is -2.29. The fourth-order valence-corrected chi connectivity index (χ4v) is 4.56. The van der Waals surface area contributed by atoms with E-state index in [1.165, 1.54) is 6.42 Å². The summed E-state index contributed by atoms with van der Waals surface area (Å²) < 4.78 is 26.8. The first-order valence-corrected chi connectivity index (χ1v) is 8.63. The summed E-state index contributed by atoms with van der Waals surface area (Å²) in [6.07, 6.45) is 8.65. The van der Waals surface area contributed by atoms with Gasteiger partial charge in [-0.15, -0.1) is 0 Å². The highest BCUT2D eigenvalue weighted by atomic mass is 32.2. The number of nitrogens with one attached hydrogen (secondary N) is 1. The van der Waals surface area contributed by atoms with Crippen LogP contribution in [0.15, 0.2) is 0 Å². The minimum absolute atomic E-state index is 0.205. The molecule has 1 N–H and O–H groups in total. The lowest BCUT2D eigenvalue weighted by Crippen LogP contribution is -2.48. The highest BCUT2D eigenvalue weighted by Gasteiger charge is 2.37. The predicted molar refractivity (Wildman–Crippen MR) is 70.3 cm³/mol. The van der Waals surface area contributed by atoms with Crippen molar-refractivity contribution in [3.8, 4) is 6.07 Å². The van der Waals surface area contributed by atoms with Gasteiger partial charge >= 0.3 is 0 Å². The monoisotopic (exact) mass is 270 g/mol. The third-order valence-electron chi connectivity index (χ3n) is 3.92. The van der Waals surface area contributed by atoms with Gasteiger partial charge in [0.05, 0.1) is 11.8 Å². The Morgan fingerprint density at radius 1 is 1.11 bits per heavy atom. The van der Waals surface area contributed by atoms with E-state index in [4.69, 9.17) is 0 Å². The highest BCUT2D eigenvalue weighted by molar-refractivity contribution is 7.89. The molecule has 2 rings (SSSR count). The third kappa shape index (κ3) is 3.96. The van der Waals surface area contributed by atoms with Gasteiger partial charge in [-0.05, 0) is 31.6 Å². The van der Waals surface area contributed by atoms with Crippen LogP contribution in [0.1, 0.15) is 57.8 Å². The Labute approximate surface area is 110 Å². The molecule has 0 bridgehead atoms. The first kappa shape index (κ1) is 13.8. The van der Waals surface area contributed by atoms with Gasteiger partial charge in [-0.25, -0.2) is 8.42 Å². The zero-order valence-electron chi connectivity index (χ0n) is 10.8. The molecular formula is C13H22N2O2S. The lowest BCUT2D eigenvalue weighted by atomic mass is 9.86. The summed E-state index contributed by atoms with van der Waals surface area (Å²) in [6, 6.07) is 2.24. The van der Waals surface area contributed by atoms with Crippen LogP contribution in [0.2, 0.25) is 0 Å². The van der Waals surface area contributed by atoms with Crippen LogP contribution in [0, 0.1) is 17.2 Å². The molecule has 2 fully saturated rings. The zero-order valence-corrected chi connectivity index (χ0v) is 11.6. The van der Waals surface area contributed by atoms with Crippen LogP contribution in [0.4, 0.5) is 0 Å². The van der Waals surface area contributed by atoms with E-state index in [0.29, 0.717) is 18.8 Å². The molecule has 0 unspecified atom stereocenters. The number of nitriles is 1. The van der Waals surface area contributed by atoms with Gasteiger partial charge < -0.3 is 0 Å². The van der Waals surface area contributed by atoms with E-state index < -0.39 is 15.6 Å². The largest absolute Gasteiger partial charge is 0.213 e. The Kier molecular flexibility index (Phi) is 4.29. The Morgan fingerprint density at radius 3 is 2.17 bits per heavy atom. The van der Waals surface area contributed by atoms with E-state index in [-0.39, 0.29) is 5.75 Å². The molecule has 0 atom stereocenters. The molecule has 0 aromatic carbocycles. The maximum absolute atomic E-state index is 12.0. The van der Waals surface area contributed by atoms with Crippen LogP contribution in [-0.2, 0) is 10.0 Å². The topological polar surface area (TPSA) is 70.0 Å². The molecule has 0 aromatic rings. The molecule has 102 valence electrons. The highest BCUT2D eigenvalue weighted by Crippen LogP contribution is 2.32. The van der Waals surface area contributed by atoms with Gasteiger partial charge in [-0.1, -0.05) is 32.1 Å². The molecule has 0 heterocycles. The molecule has 0 spiro atoms. The van der Waals surface area contributed by atoms with E-state index in [1.54, 1.807) is 0 Å². The van der Waals surface area contributed by atoms with E-state index in [9.17, 15) is 13.7 Å². The second-order valence-corrected chi connectivity index (χ2v) is 7.56. The van der Waals surface area contributed by atoms with Gasteiger partial charge in [0.25, 0.3) is 0 Å². The summed E-state index contributed by atoms with van der Waals surface area (Å²) in [6.45, 7) is 0. The Balaban J connectivity index is 2.03. The van der Waals surface area contributed by atoms with Crippen LogP contribution in [0.25, 0.3) is 0 Å². The van der Waals surface area contributed by atoms with Gasteiger partial charge in [0.2, 0.25) is 10.0 Å². The van der Waals surface area contributed by atoms with Gasteiger partial charge in [-0.3, -0.25) is 0 Å². The standard InChI is InChI=1S/C13H22N2O2S/c14-11-13(8-4-2-1-3-5-9-13)15-18(16,17)10-12-6-7-12/h12,15H,1-10H2. The normalized spacial score (nSPS) is 24.8. The number of sulfonamides is 1. The predicted octanol–water partition coefficient (Wildman–Crippen LogP) is 2.32. The fraction of sp³-hybridized carbons (Fsp3) is 0.923. The summed E-state index contributed by atoms with van der Waals surface area (Å²) in [5.74, 6) is 0.531. The lowest BCUT2D eigenvalue weighted by molar-refractivity contribution is 0.357. The first-order valence-electron chi connectivity index (χ1n) is 6.98. The van der Waals surface area contributed by atoms with Crippen molar-refractivity contribution in [2.45, 2.75) is 63.3 Å².